The number of hydrogen-bond acceptors (Lipinski definition) is 5. The molecular formula is C12H18BrNO4S. The van der Waals surface area contributed by atoms with Gasteiger partial charge in [0.25, 0.3) is 0 Å². The molecule has 0 amide bonds. The van der Waals surface area contributed by atoms with Gasteiger partial charge in [0.05, 0.1) is 19.5 Å². The van der Waals surface area contributed by atoms with Gasteiger partial charge >= 0.3 is 0 Å². The van der Waals surface area contributed by atoms with Gasteiger partial charge in [-0.15, -0.1) is 0 Å². The van der Waals surface area contributed by atoms with Crippen molar-refractivity contribution >= 4 is 25.8 Å². The number of ether oxygens (including phenoxy) is 2. The lowest BCUT2D eigenvalue weighted by atomic mass is 10.0. The Morgan fingerprint density at radius 3 is 2.26 bits per heavy atom. The summed E-state index contributed by atoms with van der Waals surface area (Å²) in [5.74, 6) is 1.09. The Labute approximate surface area is 122 Å². The molecule has 2 atom stereocenters. The molecule has 5 nitrogen and oxygen atoms in total. The largest absolute Gasteiger partial charge is 0.495 e. The summed E-state index contributed by atoms with van der Waals surface area (Å²) in [4.78, 5) is 0. The smallest absolute Gasteiger partial charge is 0.151 e. The molecule has 0 aliphatic heterocycles. The lowest BCUT2D eigenvalue weighted by molar-refractivity contribution is 0.383. The number of methoxy groups -OCH3 is 2. The van der Waals surface area contributed by atoms with Gasteiger partial charge in [0.2, 0.25) is 0 Å². The molecule has 0 fully saturated rings. The highest BCUT2D eigenvalue weighted by Gasteiger charge is 2.28. The lowest BCUT2D eigenvalue weighted by Gasteiger charge is -2.22. The maximum absolute atomic E-state index is 11.6. The van der Waals surface area contributed by atoms with Crippen LogP contribution in [0.15, 0.2) is 16.6 Å². The fourth-order valence-electron chi connectivity index (χ4n) is 1.70. The van der Waals surface area contributed by atoms with E-state index in [4.69, 9.17) is 15.2 Å². The predicted octanol–water partition coefficient (Wildman–Crippen LogP) is 1.90. The van der Waals surface area contributed by atoms with Crippen molar-refractivity contribution in [3.8, 4) is 11.5 Å². The van der Waals surface area contributed by atoms with Crippen molar-refractivity contribution in [2.45, 2.75) is 18.2 Å². The van der Waals surface area contributed by atoms with Crippen LogP contribution in [-0.4, -0.2) is 34.1 Å². The molecule has 0 heterocycles. The average molecular weight is 352 g/mol. The maximum Gasteiger partial charge on any atom is 0.151 e. The third-order valence-corrected chi connectivity index (χ3v) is 5.45. The van der Waals surface area contributed by atoms with Gasteiger partial charge in [0.1, 0.15) is 16.0 Å². The zero-order chi connectivity index (χ0) is 14.8. The molecule has 0 aliphatic rings. The zero-order valence-electron chi connectivity index (χ0n) is 11.3. The van der Waals surface area contributed by atoms with Crippen molar-refractivity contribution in [2.75, 3.05) is 20.5 Å². The van der Waals surface area contributed by atoms with E-state index in [1.54, 1.807) is 19.1 Å². The standard InChI is InChI=1S/C12H18BrNO4S/c1-7(19(4,15)16)11(14)8-5-6-9(17-2)10(13)12(8)18-3/h5-7,11H,14H2,1-4H3. The monoisotopic (exact) mass is 351 g/mol. The molecule has 0 saturated heterocycles. The highest BCUT2D eigenvalue weighted by atomic mass is 79.9. The van der Waals surface area contributed by atoms with Gasteiger partial charge in [-0.05, 0) is 35.0 Å². The number of rotatable bonds is 5. The Morgan fingerprint density at radius 2 is 1.84 bits per heavy atom. The first kappa shape index (κ1) is 16.3. The van der Waals surface area contributed by atoms with E-state index in [-0.39, 0.29) is 0 Å². The first-order valence-corrected chi connectivity index (χ1v) is 8.33. The molecule has 1 rings (SSSR count). The SMILES string of the molecule is COc1ccc(C(N)C(C)S(C)(=O)=O)c(OC)c1Br. The summed E-state index contributed by atoms with van der Waals surface area (Å²) < 4.78 is 34.3. The summed E-state index contributed by atoms with van der Waals surface area (Å²) >= 11 is 3.37. The van der Waals surface area contributed by atoms with Crippen LogP contribution in [0.25, 0.3) is 0 Å². The van der Waals surface area contributed by atoms with Crippen molar-refractivity contribution < 1.29 is 17.9 Å². The van der Waals surface area contributed by atoms with Crippen LogP contribution in [0.1, 0.15) is 18.5 Å². The van der Waals surface area contributed by atoms with E-state index in [2.05, 4.69) is 15.9 Å². The average Bonchev–Trinajstić information content (AvgIpc) is 2.35. The van der Waals surface area contributed by atoms with Gasteiger partial charge in [0.15, 0.2) is 9.84 Å². The third-order valence-electron chi connectivity index (χ3n) is 3.06. The number of hydrogen-bond donors (Lipinski definition) is 1. The van der Waals surface area contributed by atoms with Gasteiger partial charge in [-0.3, -0.25) is 0 Å². The van der Waals surface area contributed by atoms with Crippen LogP contribution in [0.2, 0.25) is 0 Å². The highest BCUT2D eigenvalue weighted by Crippen LogP contribution is 2.40. The first-order valence-electron chi connectivity index (χ1n) is 5.58. The van der Waals surface area contributed by atoms with Gasteiger partial charge in [-0.1, -0.05) is 0 Å². The van der Waals surface area contributed by atoms with Crippen LogP contribution >= 0.6 is 15.9 Å². The zero-order valence-corrected chi connectivity index (χ0v) is 13.7. The van der Waals surface area contributed by atoms with Crippen molar-refractivity contribution in [1.29, 1.82) is 0 Å². The molecule has 0 aromatic heterocycles. The number of halogens is 1. The Morgan fingerprint density at radius 1 is 1.26 bits per heavy atom. The molecule has 0 aliphatic carbocycles. The molecule has 0 spiro atoms. The number of nitrogens with two attached hydrogens (primary N) is 1. The number of benzene rings is 1. The van der Waals surface area contributed by atoms with E-state index in [0.717, 1.165) is 0 Å². The molecule has 1 aromatic carbocycles. The van der Waals surface area contributed by atoms with Crippen LogP contribution in [0, 0.1) is 0 Å². The summed E-state index contributed by atoms with van der Waals surface area (Å²) in [7, 11) is -0.190. The number of sulfone groups is 1. The highest BCUT2D eigenvalue weighted by molar-refractivity contribution is 9.10. The quantitative estimate of drug-likeness (QED) is 0.876. The fourth-order valence-corrected chi connectivity index (χ4v) is 3.06. The Bertz CT molecular complexity index is 559. The molecule has 7 heteroatoms. The summed E-state index contributed by atoms with van der Waals surface area (Å²) in [5, 5.41) is -0.707. The van der Waals surface area contributed by atoms with Crippen molar-refractivity contribution in [1.82, 2.24) is 0 Å². The van der Waals surface area contributed by atoms with E-state index < -0.39 is 21.1 Å². The molecule has 19 heavy (non-hydrogen) atoms. The third kappa shape index (κ3) is 3.40. The molecule has 0 saturated carbocycles. The summed E-state index contributed by atoms with van der Waals surface area (Å²) in [5.41, 5.74) is 6.66. The summed E-state index contributed by atoms with van der Waals surface area (Å²) in [6.45, 7) is 1.58. The second-order valence-corrected chi connectivity index (χ2v) is 7.46. The molecule has 0 bridgehead atoms. The van der Waals surface area contributed by atoms with E-state index >= 15 is 0 Å². The van der Waals surface area contributed by atoms with Crippen molar-refractivity contribution in [3.63, 3.8) is 0 Å². The van der Waals surface area contributed by atoms with Crippen LogP contribution in [-0.2, 0) is 9.84 Å². The molecule has 1 aromatic rings. The van der Waals surface area contributed by atoms with Crippen LogP contribution in [0.5, 0.6) is 11.5 Å². The van der Waals surface area contributed by atoms with Gasteiger partial charge < -0.3 is 15.2 Å². The summed E-state index contributed by atoms with van der Waals surface area (Å²) in [6, 6.07) is 2.76. The topological polar surface area (TPSA) is 78.6 Å². The molecule has 2 N–H and O–H groups in total. The lowest BCUT2D eigenvalue weighted by Crippen LogP contribution is -2.30. The Balaban J connectivity index is 3.32. The van der Waals surface area contributed by atoms with E-state index in [0.29, 0.717) is 21.5 Å². The molecule has 0 radical (unpaired) electrons. The first-order chi connectivity index (χ1) is 8.73. The predicted molar refractivity (Wildman–Crippen MR) is 78.5 cm³/mol. The second-order valence-electron chi connectivity index (χ2n) is 4.26. The normalized spacial score (nSPS) is 14.8. The Hall–Kier alpha value is -0.790. The van der Waals surface area contributed by atoms with E-state index in [1.807, 2.05) is 0 Å². The van der Waals surface area contributed by atoms with Gasteiger partial charge in [-0.2, -0.15) is 0 Å². The molecule has 2 unspecified atom stereocenters. The van der Waals surface area contributed by atoms with Gasteiger partial charge in [0, 0.05) is 17.9 Å². The van der Waals surface area contributed by atoms with Crippen LogP contribution in [0.4, 0.5) is 0 Å². The minimum Gasteiger partial charge on any atom is -0.495 e. The van der Waals surface area contributed by atoms with Crippen molar-refractivity contribution in [2.24, 2.45) is 5.73 Å². The molecular weight excluding hydrogens is 334 g/mol. The van der Waals surface area contributed by atoms with Crippen LogP contribution in [0.3, 0.4) is 0 Å². The fraction of sp³-hybridized carbons (Fsp3) is 0.500. The van der Waals surface area contributed by atoms with E-state index in [1.165, 1.54) is 20.5 Å². The van der Waals surface area contributed by atoms with Gasteiger partial charge in [-0.25, -0.2) is 8.42 Å². The maximum atomic E-state index is 11.6. The van der Waals surface area contributed by atoms with Crippen molar-refractivity contribution in [3.05, 3.63) is 22.2 Å². The second kappa shape index (κ2) is 6.11. The Kier molecular flexibility index (Phi) is 5.23. The minimum atomic E-state index is -3.23. The molecule has 108 valence electrons. The minimum absolute atomic E-state index is 0.488. The van der Waals surface area contributed by atoms with E-state index in [9.17, 15) is 8.42 Å². The summed E-state index contributed by atoms with van der Waals surface area (Å²) in [6.07, 6.45) is 1.17. The van der Waals surface area contributed by atoms with Crippen LogP contribution < -0.4 is 15.2 Å².